The lowest BCUT2D eigenvalue weighted by atomic mass is 10.2. The minimum Gasteiger partial charge on any atom is -0.418 e. The first-order valence-electron chi connectivity index (χ1n) is 9.57. The summed E-state index contributed by atoms with van der Waals surface area (Å²) in [6.45, 7) is 34.3. The Hall–Kier alpha value is 0.748. The van der Waals surface area contributed by atoms with E-state index in [1.165, 1.54) is 0 Å². The second-order valence-corrected chi connectivity index (χ2v) is 28.9. The highest BCUT2D eigenvalue weighted by Crippen LogP contribution is 2.42. The summed E-state index contributed by atoms with van der Waals surface area (Å²) in [6, 6.07) is 0. The summed E-state index contributed by atoms with van der Waals surface area (Å²) in [7, 11) is -8.01. The van der Waals surface area contributed by atoms with Gasteiger partial charge in [0.05, 0.1) is 0 Å². The van der Waals surface area contributed by atoms with Crippen LogP contribution in [0.15, 0.2) is 0 Å². The maximum Gasteiger partial charge on any atom is 0.452 e. The van der Waals surface area contributed by atoms with Gasteiger partial charge in [-0.15, -0.1) is 0 Å². The summed E-state index contributed by atoms with van der Waals surface area (Å²) in [5.41, 5.74) is 0. The van der Waals surface area contributed by atoms with Crippen LogP contribution >= 0.6 is 0 Å². The van der Waals surface area contributed by atoms with Crippen molar-refractivity contribution in [2.45, 2.75) is 117 Å². The lowest BCUT2D eigenvalue weighted by Crippen LogP contribution is -2.57. The van der Waals surface area contributed by atoms with E-state index in [9.17, 15) is 0 Å². The predicted molar refractivity (Wildman–Crippen MR) is 122 cm³/mol. The normalized spacial score (nSPS) is 15.8. The maximum absolute atomic E-state index is 6.77. The fourth-order valence-electron chi connectivity index (χ4n) is 1.32. The average molecular weight is 423 g/mol. The summed E-state index contributed by atoms with van der Waals surface area (Å²) in [6.07, 6.45) is 0. The molecule has 0 saturated carbocycles. The third-order valence-corrected chi connectivity index (χ3v) is 26.8. The van der Waals surface area contributed by atoms with Crippen molar-refractivity contribution in [3.63, 3.8) is 0 Å². The third kappa shape index (κ3) is 7.01. The Labute approximate surface area is 163 Å². The molecule has 0 aliphatic heterocycles. The van der Waals surface area contributed by atoms with Crippen molar-refractivity contribution in [3.8, 4) is 0 Å². The summed E-state index contributed by atoms with van der Waals surface area (Å²) < 4.78 is 20.3. The van der Waals surface area contributed by atoms with Gasteiger partial charge in [-0.2, -0.15) is 0 Å². The van der Waals surface area contributed by atoms with E-state index in [-0.39, 0.29) is 15.1 Å². The Morgan fingerprint density at radius 3 is 0.720 bits per heavy atom. The highest BCUT2D eigenvalue weighted by molar-refractivity contribution is 6.86. The van der Waals surface area contributed by atoms with Gasteiger partial charge in [-0.3, -0.25) is 0 Å². The molecule has 0 radical (unpaired) electrons. The van der Waals surface area contributed by atoms with Gasteiger partial charge < -0.3 is 12.3 Å². The summed E-state index contributed by atoms with van der Waals surface area (Å²) in [5, 5.41) is 0.476. The molecule has 0 amide bonds. The van der Waals surface area contributed by atoms with Crippen LogP contribution in [0.1, 0.15) is 62.3 Å². The third-order valence-electron chi connectivity index (χ3n) is 6.59. The molecule has 0 atom stereocenters. The molecule has 0 aliphatic rings. The molecule has 0 rings (SSSR count). The predicted octanol–water partition coefficient (Wildman–Crippen LogP) is 6.77. The van der Waals surface area contributed by atoms with Crippen molar-refractivity contribution < 1.29 is 12.3 Å². The summed E-state index contributed by atoms with van der Waals surface area (Å²) >= 11 is 0. The minimum absolute atomic E-state index is 0.159. The standard InChI is InChI=1S/C18H46O3Si4/c1-16(2,3)23(10,11)19-22(20-24(12,13)17(4,5)6)21-25(14,15)18(7,8)9/h22H,1-15H3. The molecule has 0 unspecified atom stereocenters. The highest BCUT2D eigenvalue weighted by atomic mass is 28.5. The average Bonchev–Trinajstić information content (AvgIpc) is 2.21. The van der Waals surface area contributed by atoms with Crippen LogP contribution in [-0.2, 0) is 12.3 Å². The Bertz CT molecular complexity index is 374. The maximum atomic E-state index is 6.77. The zero-order valence-electron chi connectivity index (χ0n) is 19.8. The monoisotopic (exact) mass is 422 g/mol. The number of hydrogen-bond donors (Lipinski definition) is 0. The van der Waals surface area contributed by atoms with Crippen molar-refractivity contribution in [3.05, 3.63) is 0 Å². The number of hydrogen-bond acceptors (Lipinski definition) is 3. The minimum atomic E-state index is -2.22. The van der Waals surface area contributed by atoms with E-state index in [1.54, 1.807) is 0 Å². The molecule has 7 heteroatoms. The smallest absolute Gasteiger partial charge is 0.418 e. The fraction of sp³-hybridized carbons (Fsp3) is 1.00. The van der Waals surface area contributed by atoms with E-state index in [1.807, 2.05) is 0 Å². The van der Waals surface area contributed by atoms with Crippen LogP contribution in [-0.4, -0.2) is 34.5 Å². The van der Waals surface area contributed by atoms with Crippen molar-refractivity contribution in [2.75, 3.05) is 0 Å². The number of rotatable bonds is 6. The van der Waals surface area contributed by atoms with Gasteiger partial charge >= 0.3 is 9.53 Å². The van der Waals surface area contributed by atoms with Gasteiger partial charge in [-0.1, -0.05) is 62.3 Å². The molecule has 0 fully saturated rings. The van der Waals surface area contributed by atoms with E-state index < -0.39 is 34.5 Å². The zero-order chi connectivity index (χ0) is 20.7. The van der Waals surface area contributed by atoms with Crippen LogP contribution in [0.3, 0.4) is 0 Å². The van der Waals surface area contributed by atoms with Gasteiger partial charge in [0.2, 0.25) is 0 Å². The molecule has 3 nitrogen and oxygen atoms in total. The van der Waals surface area contributed by atoms with Crippen LogP contribution in [0.2, 0.25) is 54.4 Å². The molecule has 0 heterocycles. The van der Waals surface area contributed by atoms with Crippen molar-refractivity contribution >= 4 is 34.5 Å². The molecule has 0 aliphatic carbocycles. The molecule has 25 heavy (non-hydrogen) atoms. The van der Waals surface area contributed by atoms with E-state index in [2.05, 4.69) is 102 Å². The van der Waals surface area contributed by atoms with E-state index >= 15 is 0 Å². The van der Waals surface area contributed by atoms with Crippen molar-refractivity contribution in [1.29, 1.82) is 0 Å². The van der Waals surface area contributed by atoms with Crippen LogP contribution in [0.25, 0.3) is 0 Å². The molecule has 0 aromatic heterocycles. The molecule has 152 valence electrons. The Morgan fingerprint density at radius 1 is 0.440 bits per heavy atom. The topological polar surface area (TPSA) is 27.7 Å². The van der Waals surface area contributed by atoms with Gasteiger partial charge in [0.25, 0.3) is 0 Å². The molecule has 0 N–H and O–H groups in total. The van der Waals surface area contributed by atoms with E-state index in [0.717, 1.165) is 0 Å². The largest absolute Gasteiger partial charge is 0.452 e. The Morgan fingerprint density at radius 2 is 0.600 bits per heavy atom. The van der Waals surface area contributed by atoms with Gasteiger partial charge in [0.1, 0.15) is 0 Å². The van der Waals surface area contributed by atoms with Crippen LogP contribution in [0, 0.1) is 0 Å². The van der Waals surface area contributed by atoms with E-state index in [4.69, 9.17) is 12.3 Å². The van der Waals surface area contributed by atoms with Crippen LogP contribution in [0.5, 0.6) is 0 Å². The van der Waals surface area contributed by atoms with Crippen molar-refractivity contribution in [1.82, 2.24) is 0 Å². The molecular weight excluding hydrogens is 377 g/mol. The van der Waals surface area contributed by atoms with Gasteiger partial charge in [0.15, 0.2) is 25.0 Å². The lowest BCUT2D eigenvalue weighted by molar-refractivity contribution is 0.272. The van der Waals surface area contributed by atoms with Crippen molar-refractivity contribution in [2.24, 2.45) is 0 Å². The van der Waals surface area contributed by atoms with Crippen LogP contribution in [0.4, 0.5) is 0 Å². The molecular formula is C18H46O3Si4. The molecule has 0 aromatic rings. The lowest BCUT2D eigenvalue weighted by Gasteiger charge is -2.46. The first-order valence-corrected chi connectivity index (χ1v) is 19.7. The highest BCUT2D eigenvalue weighted by Gasteiger charge is 2.48. The Kier molecular flexibility index (Phi) is 7.87. The van der Waals surface area contributed by atoms with Gasteiger partial charge in [0, 0.05) is 0 Å². The van der Waals surface area contributed by atoms with Crippen LogP contribution < -0.4 is 0 Å². The summed E-state index contributed by atoms with van der Waals surface area (Å²) in [5.74, 6) is 0. The SMILES string of the molecule is CC(C)(C)[Si](C)(C)O[SiH](O[Si](C)(C)C(C)(C)C)O[Si](C)(C)C(C)(C)C. The van der Waals surface area contributed by atoms with Gasteiger partial charge in [-0.25, -0.2) is 0 Å². The van der Waals surface area contributed by atoms with Gasteiger partial charge in [-0.05, 0) is 54.4 Å². The first-order chi connectivity index (χ1) is 10.5. The summed E-state index contributed by atoms with van der Waals surface area (Å²) in [4.78, 5) is 0. The fourth-order valence-corrected chi connectivity index (χ4v) is 13.2. The quantitative estimate of drug-likeness (QED) is 0.442. The molecule has 0 aromatic carbocycles. The zero-order valence-corrected chi connectivity index (χ0v) is 24.0. The molecule has 0 bridgehead atoms. The first kappa shape index (κ1) is 25.7. The van der Waals surface area contributed by atoms with E-state index in [0.29, 0.717) is 0 Å². The second kappa shape index (κ2) is 7.64. The molecule has 0 spiro atoms. The Balaban J connectivity index is 5.70. The second-order valence-electron chi connectivity index (χ2n) is 11.9. The molecule has 0 saturated heterocycles.